The number of aromatic nitrogens is 4. The average molecular weight is 245 g/mol. The molecule has 0 atom stereocenters. The lowest BCUT2D eigenvalue weighted by Gasteiger charge is -2.07. The first-order chi connectivity index (χ1) is 8.70. The zero-order valence-electron chi connectivity index (χ0n) is 10.4. The van der Waals surface area contributed by atoms with Gasteiger partial charge in [-0.25, -0.2) is 4.98 Å². The summed E-state index contributed by atoms with van der Waals surface area (Å²) in [6.07, 6.45) is 3.94. The van der Waals surface area contributed by atoms with Crippen molar-refractivity contribution in [1.29, 1.82) is 0 Å². The minimum absolute atomic E-state index is 0.139. The molecule has 0 aliphatic heterocycles. The van der Waals surface area contributed by atoms with Gasteiger partial charge in [-0.1, -0.05) is 6.92 Å². The number of amides is 1. The van der Waals surface area contributed by atoms with E-state index in [1.165, 1.54) is 0 Å². The lowest BCUT2D eigenvalue weighted by atomic mass is 10.1. The van der Waals surface area contributed by atoms with Gasteiger partial charge in [-0.2, -0.15) is 10.2 Å². The van der Waals surface area contributed by atoms with Gasteiger partial charge in [-0.15, -0.1) is 0 Å². The number of H-pyrrole nitrogens is 1. The van der Waals surface area contributed by atoms with E-state index in [0.29, 0.717) is 24.2 Å². The molecule has 2 N–H and O–H groups in total. The zero-order chi connectivity index (χ0) is 13.0. The fraction of sp³-hybridized carbons (Fsp3) is 0.333. The molecule has 0 fully saturated rings. The van der Waals surface area contributed by atoms with Crippen LogP contribution in [-0.4, -0.2) is 26.1 Å². The predicted molar refractivity (Wildman–Crippen MR) is 65.9 cm³/mol. The first kappa shape index (κ1) is 12.2. The van der Waals surface area contributed by atoms with Crippen LogP contribution in [0.1, 0.15) is 34.4 Å². The maximum atomic E-state index is 12.1. The topological polar surface area (TPSA) is 83.6 Å². The Morgan fingerprint density at radius 3 is 2.94 bits per heavy atom. The number of nitrogens with one attached hydrogen (secondary N) is 2. The van der Waals surface area contributed by atoms with Gasteiger partial charge in [0.2, 0.25) is 0 Å². The molecule has 2 rings (SSSR count). The molecule has 0 aliphatic rings. The third-order valence-corrected chi connectivity index (χ3v) is 2.57. The molecule has 0 bridgehead atoms. The summed E-state index contributed by atoms with van der Waals surface area (Å²) in [5.74, 6) is -0.139. The van der Waals surface area contributed by atoms with Gasteiger partial charge in [-0.3, -0.25) is 4.79 Å². The third kappa shape index (κ3) is 2.71. The van der Waals surface area contributed by atoms with Crippen LogP contribution in [0.4, 0.5) is 0 Å². The van der Waals surface area contributed by atoms with Crippen LogP contribution in [-0.2, 0) is 13.0 Å². The van der Waals surface area contributed by atoms with Gasteiger partial charge in [0, 0.05) is 6.20 Å². The molecule has 0 spiro atoms. The van der Waals surface area contributed by atoms with E-state index in [4.69, 9.17) is 0 Å². The zero-order valence-corrected chi connectivity index (χ0v) is 10.4. The highest BCUT2D eigenvalue weighted by Gasteiger charge is 2.12. The Balaban J connectivity index is 2.10. The smallest absolute Gasteiger partial charge is 0.253 e. The number of imidazole rings is 1. The SMILES string of the molecule is CCc1nnc(C)cc1C(=O)NCc1cnc[nH]1. The molecule has 2 aromatic rings. The van der Waals surface area contributed by atoms with Crippen LogP contribution < -0.4 is 5.32 Å². The summed E-state index contributed by atoms with van der Waals surface area (Å²) >= 11 is 0. The van der Waals surface area contributed by atoms with Gasteiger partial charge in [0.05, 0.1) is 35.5 Å². The lowest BCUT2D eigenvalue weighted by molar-refractivity contribution is 0.0948. The fourth-order valence-electron chi connectivity index (χ4n) is 1.62. The van der Waals surface area contributed by atoms with Crippen molar-refractivity contribution < 1.29 is 4.79 Å². The Bertz CT molecular complexity index is 535. The molecule has 1 amide bonds. The van der Waals surface area contributed by atoms with Crippen molar-refractivity contribution in [2.45, 2.75) is 26.8 Å². The Labute approximate surface area is 105 Å². The van der Waals surface area contributed by atoms with Crippen molar-refractivity contribution >= 4 is 5.91 Å². The average Bonchev–Trinajstić information content (AvgIpc) is 2.89. The number of aromatic amines is 1. The maximum Gasteiger partial charge on any atom is 0.253 e. The van der Waals surface area contributed by atoms with Gasteiger partial charge >= 0.3 is 0 Å². The summed E-state index contributed by atoms with van der Waals surface area (Å²) in [5.41, 5.74) is 2.89. The van der Waals surface area contributed by atoms with E-state index in [1.54, 1.807) is 18.6 Å². The van der Waals surface area contributed by atoms with Crippen molar-refractivity contribution in [3.05, 3.63) is 41.2 Å². The fourth-order valence-corrected chi connectivity index (χ4v) is 1.62. The molecule has 6 heteroatoms. The normalized spacial score (nSPS) is 10.3. The van der Waals surface area contributed by atoms with Crippen LogP contribution >= 0.6 is 0 Å². The van der Waals surface area contributed by atoms with Crippen molar-refractivity contribution in [2.75, 3.05) is 0 Å². The molecule has 2 aromatic heterocycles. The van der Waals surface area contributed by atoms with E-state index in [1.807, 2.05) is 13.8 Å². The molecule has 0 saturated carbocycles. The third-order valence-electron chi connectivity index (χ3n) is 2.57. The van der Waals surface area contributed by atoms with E-state index in [0.717, 1.165) is 11.4 Å². The number of rotatable bonds is 4. The van der Waals surface area contributed by atoms with E-state index in [-0.39, 0.29) is 5.91 Å². The maximum absolute atomic E-state index is 12.1. The number of hydrogen-bond acceptors (Lipinski definition) is 4. The Hall–Kier alpha value is -2.24. The van der Waals surface area contributed by atoms with Crippen molar-refractivity contribution in [3.8, 4) is 0 Å². The van der Waals surface area contributed by atoms with Crippen LogP contribution in [0.2, 0.25) is 0 Å². The number of aryl methyl sites for hydroxylation is 2. The van der Waals surface area contributed by atoms with Gasteiger partial charge in [0.25, 0.3) is 5.91 Å². The second-order valence-corrected chi connectivity index (χ2v) is 3.96. The van der Waals surface area contributed by atoms with Crippen molar-refractivity contribution in [3.63, 3.8) is 0 Å². The van der Waals surface area contributed by atoms with E-state index in [2.05, 4.69) is 25.5 Å². The van der Waals surface area contributed by atoms with Crippen molar-refractivity contribution in [2.24, 2.45) is 0 Å². The van der Waals surface area contributed by atoms with Crippen molar-refractivity contribution in [1.82, 2.24) is 25.5 Å². The highest BCUT2D eigenvalue weighted by atomic mass is 16.1. The molecule has 0 aliphatic carbocycles. The van der Waals surface area contributed by atoms with Gasteiger partial charge in [0.15, 0.2) is 0 Å². The molecule has 0 radical (unpaired) electrons. The molecule has 18 heavy (non-hydrogen) atoms. The van der Waals surface area contributed by atoms with Crippen LogP contribution in [0.5, 0.6) is 0 Å². The molecule has 0 aromatic carbocycles. The quantitative estimate of drug-likeness (QED) is 0.841. The number of carbonyl (C=O) groups is 1. The molecular weight excluding hydrogens is 230 g/mol. The number of carbonyl (C=O) groups excluding carboxylic acids is 1. The Kier molecular flexibility index (Phi) is 3.66. The number of hydrogen-bond donors (Lipinski definition) is 2. The lowest BCUT2D eigenvalue weighted by Crippen LogP contribution is -2.25. The van der Waals surface area contributed by atoms with E-state index < -0.39 is 0 Å². The monoisotopic (exact) mass is 245 g/mol. The minimum atomic E-state index is -0.139. The van der Waals surface area contributed by atoms with Crippen LogP contribution in [0.25, 0.3) is 0 Å². The standard InChI is InChI=1S/C12H15N5O/c1-3-11-10(4-8(2)16-17-11)12(18)14-6-9-5-13-7-15-9/h4-5,7H,3,6H2,1-2H3,(H,13,15)(H,14,18). The molecule has 0 unspecified atom stereocenters. The molecule has 2 heterocycles. The van der Waals surface area contributed by atoms with Crippen LogP contribution in [0.15, 0.2) is 18.6 Å². The highest BCUT2D eigenvalue weighted by molar-refractivity contribution is 5.95. The summed E-state index contributed by atoms with van der Waals surface area (Å²) in [6.45, 7) is 4.19. The first-order valence-electron chi connectivity index (χ1n) is 5.79. The first-order valence-corrected chi connectivity index (χ1v) is 5.79. The van der Waals surface area contributed by atoms with Gasteiger partial charge < -0.3 is 10.3 Å². The Morgan fingerprint density at radius 2 is 2.28 bits per heavy atom. The molecular formula is C12H15N5O. The van der Waals surface area contributed by atoms with E-state index in [9.17, 15) is 4.79 Å². The molecule has 6 nitrogen and oxygen atoms in total. The largest absolute Gasteiger partial charge is 0.347 e. The summed E-state index contributed by atoms with van der Waals surface area (Å²) in [6, 6.07) is 1.76. The van der Waals surface area contributed by atoms with Crippen LogP contribution in [0, 0.1) is 6.92 Å². The summed E-state index contributed by atoms with van der Waals surface area (Å²) in [5, 5.41) is 10.8. The van der Waals surface area contributed by atoms with Gasteiger partial charge in [0.1, 0.15) is 0 Å². The predicted octanol–water partition coefficient (Wildman–Crippen LogP) is 1.00. The Morgan fingerprint density at radius 1 is 1.44 bits per heavy atom. The number of nitrogens with zero attached hydrogens (tertiary/aromatic N) is 3. The highest BCUT2D eigenvalue weighted by Crippen LogP contribution is 2.07. The summed E-state index contributed by atoms with van der Waals surface area (Å²) in [4.78, 5) is 18.9. The summed E-state index contributed by atoms with van der Waals surface area (Å²) < 4.78 is 0. The van der Waals surface area contributed by atoms with E-state index >= 15 is 0 Å². The van der Waals surface area contributed by atoms with Crippen LogP contribution in [0.3, 0.4) is 0 Å². The van der Waals surface area contributed by atoms with Gasteiger partial charge in [-0.05, 0) is 19.4 Å². The second kappa shape index (κ2) is 5.39. The molecule has 94 valence electrons. The minimum Gasteiger partial charge on any atom is -0.347 e. The summed E-state index contributed by atoms with van der Waals surface area (Å²) in [7, 11) is 0. The molecule has 0 saturated heterocycles. The second-order valence-electron chi connectivity index (χ2n) is 3.96.